The maximum absolute atomic E-state index is 10.8. The highest BCUT2D eigenvalue weighted by molar-refractivity contribution is 5.88. The summed E-state index contributed by atoms with van der Waals surface area (Å²) in [5.74, 6) is -0.181. The highest BCUT2D eigenvalue weighted by Crippen LogP contribution is 2.18. The standard InChI is InChI=1S/C15H13N5O2/c1-16-14-7-6-12(8-17-14)20-9-13(18-19-20)10-2-4-11(5-3-10)15(21)22/h2-9H,1H3,(H,16,17)(H,21,22). The summed E-state index contributed by atoms with van der Waals surface area (Å²) in [5, 5.41) is 20.0. The van der Waals surface area contributed by atoms with Crippen molar-refractivity contribution < 1.29 is 9.90 Å². The third-order valence-corrected chi connectivity index (χ3v) is 3.19. The van der Waals surface area contributed by atoms with E-state index in [2.05, 4.69) is 20.6 Å². The molecule has 0 saturated heterocycles. The Bertz CT molecular complexity index is 794. The van der Waals surface area contributed by atoms with Gasteiger partial charge in [0.25, 0.3) is 0 Å². The van der Waals surface area contributed by atoms with Crippen LogP contribution in [0, 0.1) is 0 Å². The maximum Gasteiger partial charge on any atom is 0.335 e. The van der Waals surface area contributed by atoms with Gasteiger partial charge in [0.1, 0.15) is 11.5 Å². The van der Waals surface area contributed by atoms with Crippen molar-refractivity contribution in [3.05, 3.63) is 54.4 Å². The first-order chi connectivity index (χ1) is 10.7. The smallest absolute Gasteiger partial charge is 0.335 e. The average Bonchev–Trinajstić information content (AvgIpc) is 3.05. The molecule has 7 nitrogen and oxygen atoms in total. The Morgan fingerprint density at radius 2 is 1.95 bits per heavy atom. The second-order valence-corrected chi connectivity index (χ2v) is 4.58. The molecule has 0 radical (unpaired) electrons. The van der Waals surface area contributed by atoms with E-state index in [4.69, 9.17) is 5.11 Å². The average molecular weight is 295 g/mol. The SMILES string of the molecule is CNc1ccc(-n2cc(-c3ccc(C(=O)O)cc3)nn2)cn1. The van der Waals surface area contributed by atoms with Crippen LogP contribution in [0.3, 0.4) is 0 Å². The molecule has 0 unspecified atom stereocenters. The molecule has 0 aliphatic carbocycles. The van der Waals surface area contributed by atoms with Crippen LogP contribution in [0.4, 0.5) is 5.82 Å². The molecule has 0 fully saturated rings. The molecule has 2 heterocycles. The van der Waals surface area contributed by atoms with E-state index in [0.29, 0.717) is 5.69 Å². The minimum atomic E-state index is -0.953. The number of benzene rings is 1. The van der Waals surface area contributed by atoms with Crippen LogP contribution in [0.1, 0.15) is 10.4 Å². The summed E-state index contributed by atoms with van der Waals surface area (Å²) in [6.45, 7) is 0. The van der Waals surface area contributed by atoms with Crippen LogP contribution in [0.5, 0.6) is 0 Å². The topological polar surface area (TPSA) is 92.9 Å². The monoisotopic (exact) mass is 295 g/mol. The predicted molar refractivity (Wildman–Crippen MR) is 81.1 cm³/mol. The van der Waals surface area contributed by atoms with Gasteiger partial charge in [-0.05, 0) is 24.3 Å². The van der Waals surface area contributed by atoms with Crippen molar-refractivity contribution in [3.8, 4) is 16.9 Å². The van der Waals surface area contributed by atoms with E-state index in [1.165, 1.54) is 0 Å². The molecular weight excluding hydrogens is 282 g/mol. The molecule has 0 atom stereocenters. The van der Waals surface area contributed by atoms with Gasteiger partial charge in [-0.15, -0.1) is 5.10 Å². The largest absolute Gasteiger partial charge is 0.478 e. The Kier molecular flexibility index (Phi) is 3.53. The number of nitrogens with one attached hydrogen (secondary N) is 1. The van der Waals surface area contributed by atoms with E-state index in [1.54, 1.807) is 48.4 Å². The van der Waals surface area contributed by atoms with Crippen molar-refractivity contribution in [2.24, 2.45) is 0 Å². The van der Waals surface area contributed by atoms with Gasteiger partial charge >= 0.3 is 5.97 Å². The molecule has 1 aromatic carbocycles. The molecule has 2 aromatic heterocycles. The van der Waals surface area contributed by atoms with Gasteiger partial charge in [0.05, 0.1) is 23.6 Å². The summed E-state index contributed by atoms with van der Waals surface area (Å²) in [6.07, 6.45) is 3.46. The lowest BCUT2D eigenvalue weighted by molar-refractivity contribution is 0.0697. The van der Waals surface area contributed by atoms with Gasteiger partial charge in [-0.25, -0.2) is 14.5 Å². The number of anilines is 1. The second-order valence-electron chi connectivity index (χ2n) is 4.58. The van der Waals surface area contributed by atoms with E-state index in [1.807, 2.05) is 12.1 Å². The van der Waals surface area contributed by atoms with Crippen LogP contribution >= 0.6 is 0 Å². The van der Waals surface area contributed by atoms with Crippen LogP contribution < -0.4 is 5.32 Å². The summed E-state index contributed by atoms with van der Waals surface area (Å²) in [4.78, 5) is 15.1. The number of carboxylic acid groups (broad SMARTS) is 1. The van der Waals surface area contributed by atoms with Crippen LogP contribution in [-0.4, -0.2) is 38.1 Å². The van der Waals surface area contributed by atoms with E-state index < -0.39 is 5.97 Å². The summed E-state index contributed by atoms with van der Waals surface area (Å²) >= 11 is 0. The molecule has 3 rings (SSSR count). The normalized spacial score (nSPS) is 10.4. The summed E-state index contributed by atoms with van der Waals surface area (Å²) in [7, 11) is 1.80. The van der Waals surface area contributed by atoms with Crippen molar-refractivity contribution in [2.45, 2.75) is 0 Å². The summed E-state index contributed by atoms with van der Waals surface area (Å²) < 4.78 is 1.62. The number of carboxylic acids is 1. The number of aromatic carboxylic acids is 1. The van der Waals surface area contributed by atoms with Gasteiger partial charge in [0, 0.05) is 12.6 Å². The maximum atomic E-state index is 10.8. The fraction of sp³-hybridized carbons (Fsp3) is 0.0667. The number of pyridine rings is 1. The molecule has 0 bridgehead atoms. The molecule has 0 aliphatic rings. The third kappa shape index (κ3) is 2.64. The van der Waals surface area contributed by atoms with Crippen molar-refractivity contribution in [1.29, 1.82) is 0 Å². The number of hydrogen-bond donors (Lipinski definition) is 2. The predicted octanol–water partition coefficient (Wildman–Crippen LogP) is 2.07. The molecule has 0 amide bonds. The van der Waals surface area contributed by atoms with Crippen LogP contribution in [-0.2, 0) is 0 Å². The Morgan fingerprint density at radius 3 is 2.55 bits per heavy atom. The Morgan fingerprint density at radius 1 is 1.18 bits per heavy atom. The van der Waals surface area contributed by atoms with Crippen LogP contribution in [0.25, 0.3) is 16.9 Å². The van der Waals surface area contributed by atoms with E-state index in [9.17, 15) is 4.79 Å². The first-order valence-electron chi connectivity index (χ1n) is 6.57. The zero-order valence-corrected chi connectivity index (χ0v) is 11.8. The van der Waals surface area contributed by atoms with Gasteiger partial charge in [0.15, 0.2) is 0 Å². The second kappa shape index (κ2) is 5.65. The zero-order chi connectivity index (χ0) is 15.5. The van der Waals surface area contributed by atoms with E-state index in [-0.39, 0.29) is 5.56 Å². The quantitative estimate of drug-likeness (QED) is 0.765. The lowest BCUT2D eigenvalue weighted by atomic mass is 10.1. The van der Waals surface area contributed by atoms with Crippen molar-refractivity contribution in [2.75, 3.05) is 12.4 Å². The van der Waals surface area contributed by atoms with Gasteiger partial charge in [0.2, 0.25) is 0 Å². The summed E-state index contributed by atoms with van der Waals surface area (Å²) in [6, 6.07) is 10.2. The molecule has 110 valence electrons. The number of aromatic nitrogens is 4. The molecule has 7 heteroatoms. The molecule has 0 spiro atoms. The fourth-order valence-electron chi connectivity index (χ4n) is 1.98. The highest BCUT2D eigenvalue weighted by atomic mass is 16.4. The Labute approximate surface area is 126 Å². The number of carbonyl (C=O) groups is 1. The molecular formula is C15H13N5O2. The van der Waals surface area contributed by atoms with Gasteiger partial charge in [-0.2, -0.15) is 0 Å². The lowest BCUT2D eigenvalue weighted by Gasteiger charge is -2.01. The number of hydrogen-bond acceptors (Lipinski definition) is 5. The Hall–Kier alpha value is -3.22. The molecule has 0 aliphatic heterocycles. The van der Waals surface area contributed by atoms with Crippen molar-refractivity contribution in [3.63, 3.8) is 0 Å². The van der Waals surface area contributed by atoms with Gasteiger partial charge < -0.3 is 10.4 Å². The van der Waals surface area contributed by atoms with Crippen LogP contribution in [0.15, 0.2) is 48.8 Å². The van der Waals surface area contributed by atoms with Crippen LogP contribution in [0.2, 0.25) is 0 Å². The first kappa shape index (κ1) is 13.7. The van der Waals surface area contributed by atoms with Gasteiger partial charge in [-0.1, -0.05) is 17.3 Å². The van der Waals surface area contributed by atoms with E-state index >= 15 is 0 Å². The van der Waals surface area contributed by atoms with E-state index in [0.717, 1.165) is 17.1 Å². The zero-order valence-electron chi connectivity index (χ0n) is 11.8. The lowest BCUT2D eigenvalue weighted by Crippen LogP contribution is -1.97. The number of nitrogens with zero attached hydrogens (tertiary/aromatic N) is 4. The molecule has 22 heavy (non-hydrogen) atoms. The first-order valence-corrected chi connectivity index (χ1v) is 6.57. The van der Waals surface area contributed by atoms with Crippen molar-refractivity contribution in [1.82, 2.24) is 20.0 Å². The minimum absolute atomic E-state index is 0.239. The third-order valence-electron chi connectivity index (χ3n) is 3.19. The fourth-order valence-corrected chi connectivity index (χ4v) is 1.98. The van der Waals surface area contributed by atoms with Crippen molar-refractivity contribution >= 4 is 11.8 Å². The van der Waals surface area contributed by atoms with Gasteiger partial charge in [-0.3, -0.25) is 0 Å². The number of rotatable bonds is 4. The minimum Gasteiger partial charge on any atom is -0.478 e. The molecule has 2 N–H and O–H groups in total. The highest BCUT2D eigenvalue weighted by Gasteiger charge is 2.07. The summed E-state index contributed by atoms with van der Waals surface area (Å²) in [5.41, 5.74) is 2.49. The Balaban J connectivity index is 1.87. The molecule has 0 saturated carbocycles. The molecule has 3 aromatic rings.